The summed E-state index contributed by atoms with van der Waals surface area (Å²) in [6.07, 6.45) is -1.67. The van der Waals surface area contributed by atoms with Crippen molar-refractivity contribution in [2.75, 3.05) is 6.61 Å². The van der Waals surface area contributed by atoms with Gasteiger partial charge in [-0.15, -0.1) is 0 Å². The van der Waals surface area contributed by atoms with E-state index in [1.165, 1.54) is 24.3 Å². The van der Waals surface area contributed by atoms with Crippen LogP contribution in [0.25, 0.3) is 0 Å². The average Bonchev–Trinajstić information content (AvgIpc) is 2.30. The summed E-state index contributed by atoms with van der Waals surface area (Å²) in [6.45, 7) is 1.73. The SMILES string of the molecule is CCOC(=O)C(O)NC(=O)c1ccc(Cl)cc1. The van der Waals surface area contributed by atoms with E-state index in [1.807, 2.05) is 0 Å². The van der Waals surface area contributed by atoms with E-state index < -0.39 is 18.1 Å². The lowest BCUT2D eigenvalue weighted by molar-refractivity contribution is -0.154. The van der Waals surface area contributed by atoms with E-state index in [2.05, 4.69) is 10.1 Å². The summed E-state index contributed by atoms with van der Waals surface area (Å²) in [4.78, 5) is 22.6. The maximum Gasteiger partial charge on any atom is 0.356 e. The molecule has 0 saturated heterocycles. The van der Waals surface area contributed by atoms with Gasteiger partial charge in [-0.05, 0) is 31.2 Å². The van der Waals surface area contributed by atoms with E-state index in [0.717, 1.165) is 0 Å². The molecule has 0 aliphatic heterocycles. The summed E-state index contributed by atoms with van der Waals surface area (Å²) >= 11 is 5.66. The fourth-order valence-electron chi connectivity index (χ4n) is 1.09. The summed E-state index contributed by atoms with van der Waals surface area (Å²) in [5.41, 5.74) is 0.290. The van der Waals surface area contributed by atoms with Crippen molar-refractivity contribution in [3.05, 3.63) is 34.9 Å². The monoisotopic (exact) mass is 257 g/mol. The molecule has 2 N–H and O–H groups in total. The topological polar surface area (TPSA) is 75.6 Å². The molecule has 5 nitrogen and oxygen atoms in total. The van der Waals surface area contributed by atoms with Crippen LogP contribution in [-0.4, -0.2) is 29.8 Å². The Hall–Kier alpha value is -1.59. The number of rotatable bonds is 4. The second-order valence-electron chi connectivity index (χ2n) is 3.13. The van der Waals surface area contributed by atoms with Crippen LogP contribution in [0.3, 0.4) is 0 Å². The quantitative estimate of drug-likeness (QED) is 0.622. The number of halogens is 1. The zero-order chi connectivity index (χ0) is 12.8. The van der Waals surface area contributed by atoms with E-state index in [4.69, 9.17) is 11.6 Å². The minimum Gasteiger partial charge on any atom is -0.463 e. The number of hydrogen-bond acceptors (Lipinski definition) is 4. The highest BCUT2D eigenvalue weighted by molar-refractivity contribution is 6.30. The molecule has 0 bridgehead atoms. The van der Waals surface area contributed by atoms with Crippen molar-refractivity contribution in [3.63, 3.8) is 0 Å². The number of nitrogens with one attached hydrogen (secondary N) is 1. The number of carbonyl (C=O) groups excluding carboxylic acids is 2. The number of amides is 1. The molecule has 0 spiro atoms. The lowest BCUT2D eigenvalue weighted by Crippen LogP contribution is -2.41. The molecule has 17 heavy (non-hydrogen) atoms. The highest BCUT2D eigenvalue weighted by Crippen LogP contribution is 2.09. The van der Waals surface area contributed by atoms with Crippen LogP contribution < -0.4 is 5.32 Å². The highest BCUT2D eigenvalue weighted by atomic mass is 35.5. The fraction of sp³-hybridized carbons (Fsp3) is 0.273. The second kappa shape index (κ2) is 6.22. The van der Waals surface area contributed by atoms with Crippen LogP contribution in [0.5, 0.6) is 0 Å². The van der Waals surface area contributed by atoms with Crippen LogP contribution >= 0.6 is 11.6 Å². The van der Waals surface area contributed by atoms with Gasteiger partial charge < -0.3 is 15.2 Å². The molecule has 1 rings (SSSR count). The van der Waals surface area contributed by atoms with Crippen molar-refractivity contribution < 1.29 is 19.4 Å². The average molecular weight is 258 g/mol. The van der Waals surface area contributed by atoms with Crippen LogP contribution in [0.1, 0.15) is 17.3 Å². The molecule has 0 radical (unpaired) electrons. The third kappa shape index (κ3) is 4.05. The molecule has 92 valence electrons. The van der Waals surface area contributed by atoms with Gasteiger partial charge in [0.25, 0.3) is 5.91 Å². The molecule has 0 fully saturated rings. The van der Waals surface area contributed by atoms with Gasteiger partial charge in [-0.1, -0.05) is 11.6 Å². The molecule has 0 aliphatic carbocycles. The molecule has 1 atom stereocenters. The predicted octanol–water partition coefficient (Wildman–Crippen LogP) is 0.951. The molecule has 1 aromatic carbocycles. The summed E-state index contributed by atoms with van der Waals surface area (Å²) in [5.74, 6) is -1.47. The van der Waals surface area contributed by atoms with Gasteiger partial charge in [0.15, 0.2) is 0 Å². The Morgan fingerprint density at radius 1 is 1.41 bits per heavy atom. The van der Waals surface area contributed by atoms with Crippen LogP contribution in [0.15, 0.2) is 24.3 Å². The lowest BCUT2D eigenvalue weighted by atomic mass is 10.2. The normalized spacial score (nSPS) is 11.7. The van der Waals surface area contributed by atoms with Crippen molar-refractivity contribution in [3.8, 4) is 0 Å². The number of hydrogen-bond donors (Lipinski definition) is 2. The predicted molar refractivity (Wildman–Crippen MR) is 61.6 cm³/mol. The van der Waals surface area contributed by atoms with Crippen molar-refractivity contribution in [1.82, 2.24) is 5.32 Å². The molecule has 1 aromatic rings. The number of benzene rings is 1. The Balaban J connectivity index is 2.60. The zero-order valence-corrected chi connectivity index (χ0v) is 9.90. The van der Waals surface area contributed by atoms with E-state index >= 15 is 0 Å². The van der Waals surface area contributed by atoms with Gasteiger partial charge in [-0.25, -0.2) is 4.79 Å². The van der Waals surface area contributed by atoms with Crippen molar-refractivity contribution >= 4 is 23.5 Å². The van der Waals surface area contributed by atoms with Gasteiger partial charge in [0, 0.05) is 10.6 Å². The number of aliphatic hydroxyl groups is 1. The molecular formula is C11H12ClNO4. The van der Waals surface area contributed by atoms with Gasteiger partial charge in [-0.2, -0.15) is 0 Å². The van der Waals surface area contributed by atoms with Gasteiger partial charge >= 0.3 is 5.97 Å². The van der Waals surface area contributed by atoms with Gasteiger partial charge in [-0.3, -0.25) is 4.79 Å². The van der Waals surface area contributed by atoms with Crippen LogP contribution in [0.2, 0.25) is 5.02 Å². The van der Waals surface area contributed by atoms with Crippen molar-refractivity contribution in [2.45, 2.75) is 13.2 Å². The molecule has 0 aliphatic rings. The molecule has 0 heterocycles. The number of aliphatic hydroxyl groups excluding tert-OH is 1. The number of carbonyl (C=O) groups is 2. The number of ether oxygens (including phenoxy) is 1. The Labute approximate surface area is 103 Å². The van der Waals surface area contributed by atoms with Crippen molar-refractivity contribution in [1.29, 1.82) is 0 Å². The Morgan fingerprint density at radius 2 is 2.00 bits per heavy atom. The van der Waals surface area contributed by atoms with Gasteiger partial charge in [0.05, 0.1) is 6.61 Å². The van der Waals surface area contributed by atoms with E-state index in [-0.39, 0.29) is 12.2 Å². The second-order valence-corrected chi connectivity index (χ2v) is 3.57. The molecule has 0 aromatic heterocycles. The summed E-state index contributed by atoms with van der Waals surface area (Å²) < 4.78 is 4.53. The first-order chi connectivity index (χ1) is 8.04. The minimum absolute atomic E-state index is 0.132. The Bertz CT molecular complexity index is 404. The van der Waals surface area contributed by atoms with Crippen LogP contribution in [0, 0.1) is 0 Å². The Kier molecular flexibility index (Phi) is 4.93. The van der Waals surface area contributed by atoms with E-state index in [9.17, 15) is 14.7 Å². The van der Waals surface area contributed by atoms with E-state index in [1.54, 1.807) is 6.92 Å². The molecule has 0 saturated carbocycles. The zero-order valence-electron chi connectivity index (χ0n) is 9.14. The molecule has 6 heteroatoms. The highest BCUT2D eigenvalue weighted by Gasteiger charge is 2.19. The van der Waals surface area contributed by atoms with Crippen LogP contribution in [0.4, 0.5) is 0 Å². The first-order valence-electron chi connectivity index (χ1n) is 4.95. The summed E-state index contributed by atoms with van der Waals surface area (Å²) in [6, 6.07) is 6.03. The van der Waals surface area contributed by atoms with Gasteiger partial charge in [0.2, 0.25) is 6.23 Å². The smallest absolute Gasteiger partial charge is 0.356 e. The maximum atomic E-state index is 11.6. The minimum atomic E-state index is -1.67. The third-order valence-corrected chi connectivity index (χ3v) is 2.14. The first kappa shape index (κ1) is 13.5. The van der Waals surface area contributed by atoms with Gasteiger partial charge in [0.1, 0.15) is 0 Å². The first-order valence-corrected chi connectivity index (χ1v) is 5.33. The van der Waals surface area contributed by atoms with Crippen LogP contribution in [-0.2, 0) is 9.53 Å². The molecule has 1 amide bonds. The molecule has 1 unspecified atom stereocenters. The largest absolute Gasteiger partial charge is 0.463 e. The summed E-state index contributed by atoms with van der Waals surface area (Å²) in [5, 5.41) is 11.9. The van der Waals surface area contributed by atoms with E-state index in [0.29, 0.717) is 5.02 Å². The molecular weight excluding hydrogens is 246 g/mol. The summed E-state index contributed by atoms with van der Waals surface area (Å²) in [7, 11) is 0. The lowest BCUT2D eigenvalue weighted by Gasteiger charge is -2.11. The van der Waals surface area contributed by atoms with Crippen molar-refractivity contribution in [2.24, 2.45) is 0 Å². The standard InChI is InChI=1S/C11H12ClNO4/c1-2-17-11(16)10(15)13-9(14)7-3-5-8(12)6-4-7/h3-6,10,15H,2H2,1H3,(H,13,14). The Morgan fingerprint density at radius 3 is 2.53 bits per heavy atom. The maximum absolute atomic E-state index is 11.6. The number of esters is 1. The fourth-order valence-corrected chi connectivity index (χ4v) is 1.21. The third-order valence-electron chi connectivity index (χ3n) is 1.88.